The maximum Gasteiger partial charge on any atom is 0.255 e. The fraction of sp³-hybridized carbons (Fsp3) is 0.188. The molecule has 22 heavy (non-hydrogen) atoms. The lowest BCUT2D eigenvalue weighted by molar-refractivity contribution is 0.0948. The van der Waals surface area contributed by atoms with Crippen molar-refractivity contribution in [1.29, 1.82) is 0 Å². The van der Waals surface area contributed by atoms with Crippen LogP contribution in [-0.2, 0) is 6.54 Å². The molecule has 0 unspecified atom stereocenters. The quantitative estimate of drug-likeness (QED) is 0.888. The second-order valence-corrected chi connectivity index (χ2v) is 4.96. The molecule has 2 N–H and O–H groups in total. The minimum absolute atomic E-state index is 0.122. The molecule has 2 rings (SSSR count). The zero-order valence-corrected chi connectivity index (χ0v) is 13.0. The summed E-state index contributed by atoms with van der Waals surface area (Å²) in [6.07, 6.45) is 0. The molecule has 0 aliphatic rings. The Morgan fingerprint density at radius 3 is 2.64 bits per heavy atom. The van der Waals surface area contributed by atoms with E-state index in [-0.39, 0.29) is 17.9 Å². The van der Waals surface area contributed by atoms with E-state index in [2.05, 4.69) is 5.32 Å². The number of hydrogen-bond acceptors (Lipinski definition) is 4. The number of halogens is 1. The largest absolute Gasteiger partial charge is 0.507 e. The Morgan fingerprint density at radius 1 is 1.18 bits per heavy atom. The highest BCUT2D eigenvalue weighted by Crippen LogP contribution is 2.25. The van der Waals surface area contributed by atoms with E-state index in [0.717, 1.165) is 5.56 Å². The second-order valence-electron chi connectivity index (χ2n) is 4.52. The lowest BCUT2D eigenvalue weighted by Crippen LogP contribution is -2.23. The van der Waals surface area contributed by atoms with Crippen molar-refractivity contribution in [3.8, 4) is 17.2 Å². The third-order valence-corrected chi connectivity index (χ3v) is 3.37. The topological polar surface area (TPSA) is 67.8 Å². The number of hydrogen-bond donors (Lipinski definition) is 2. The average molecular weight is 322 g/mol. The number of benzene rings is 2. The molecule has 5 nitrogen and oxygen atoms in total. The van der Waals surface area contributed by atoms with Gasteiger partial charge in [-0.25, -0.2) is 0 Å². The fourth-order valence-corrected chi connectivity index (χ4v) is 2.13. The molecule has 0 saturated carbocycles. The summed E-state index contributed by atoms with van der Waals surface area (Å²) in [6, 6.07) is 9.62. The van der Waals surface area contributed by atoms with Gasteiger partial charge < -0.3 is 19.9 Å². The molecule has 0 saturated heterocycles. The number of rotatable bonds is 5. The third kappa shape index (κ3) is 3.62. The van der Waals surface area contributed by atoms with Gasteiger partial charge in [-0.1, -0.05) is 11.6 Å². The molecule has 2 aromatic rings. The predicted octanol–water partition coefficient (Wildman–Crippen LogP) is 2.99. The van der Waals surface area contributed by atoms with Crippen LogP contribution in [0.5, 0.6) is 17.2 Å². The molecule has 0 bridgehead atoms. The number of amides is 1. The molecular weight excluding hydrogens is 306 g/mol. The summed E-state index contributed by atoms with van der Waals surface area (Å²) >= 11 is 5.83. The SMILES string of the molecule is COc1ccc(CNC(=O)c2cc(Cl)ccc2O)c(OC)c1. The standard InChI is InChI=1S/C16H16ClNO4/c1-21-12-5-3-10(15(8-12)22-2)9-18-16(20)13-7-11(17)4-6-14(13)19/h3-8,19H,9H2,1-2H3,(H,18,20). The van der Waals surface area contributed by atoms with E-state index >= 15 is 0 Å². The summed E-state index contributed by atoms with van der Waals surface area (Å²) in [5.74, 6) is 0.732. The summed E-state index contributed by atoms with van der Waals surface area (Å²) in [7, 11) is 3.11. The van der Waals surface area contributed by atoms with E-state index in [9.17, 15) is 9.90 Å². The number of carbonyl (C=O) groups excluding carboxylic acids is 1. The first-order valence-corrected chi connectivity index (χ1v) is 6.90. The Labute approximate surface area is 133 Å². The average Bonchev–Trinajstić information content (AvgIpc) is 2.54. The zero-order chi connectivity index (χ0) is 16.1. The van der Waals surface area contributed by atoms with Gasteiger partial charge in [0.05, 0.1) is 19.8 Å². The zero-order valence-electron chi connectivity index (χ0n) is 12.2. The number of carbonyl (C=O) groups is 1. The van der Waals surface area contributed by atoms with Crippen LogP contribution in [-0.4, -0.2) is 25.2 Å². The molecule has 0 atom stereocenters. The summed E-state index contributed by atoms with van der Waals surface area (Å²) in [5.41, 5.74) is 0.915. The summed E-state index contributed by atoms with van der Waals surface area (Å²) in [5, 5.41) is 12.8. The monoisotopic (exact) mass is 321 g/mol. The number of methoxy groups -OCH3 is 2. The van der Waals surface area contributed by atoms with Crippen LogP contribution in [0.2, 0.25) is 5.02 Å². The van der Waals surface area contributed by atoms with Crippen LogP contribution < -0.4 is 14.8 Å². The van der Waals surface area contributed by atoms with Gasteiger partial charge in [-0.3, -0.25) is 4.79 Å². The number of aromatic hydroxyl groups is 1. The van der Waals surface area contributed by atoms with Crippen molar-refractivity contribution < 1.29 is 19.4 Å². The molecular formula is C16H16ClNO4. The first kappa shape index (κ1) is 16.0. The number of ether oxygens (including phenoxy) is 2. The molecule has 2 aromatic carbocycles. The first-order valence-electron chi connectivity index (χ1n) is 6.52. The highest BCUT2D eigenvalue weighted by Gasteiger charge is 2.13. The van der Waals surface area contributed by atoms with E-state index < -0.39 is 5.91 Å². The van der Waals surface area contributed by atoms with Crippen molar-refractivity contribution >= 4 is 17.5 Å². The molecule has 0 aliphatic heterocycles. The molecule has 0 fully saturated rings. The van der Waals surface area contributed by atoms with Gasteiger partial charge in [0, 0.05) is 23.2 Å². The molecule has 0 heterocycles. The van der Waals surface area contributed by atoms with E-state index in [1.54, 1.807) is 32.4 Å². The van der Waals surface area contributed by atoms with Gasteiger partial charge in [0.2, 0.25) is 0 Å². The highest BCUT2D eigenvalue weighted by atomic mass is 35.5. The third-order valence-electron chi connectivity index (χ3n) is 3.14. The highest BCUT2D eigenvalue weighted by molar-refractivity contribution is 6.31. The van der Waals surface area contributed by atoms with Crippen LogP contribution in [0.4, 0.5) is 0 Å². The summed E-state index contributed by atoms with van der Waals surface area (Å²) in [4.78, 5) is 12.1. The van der Waals surface area contributed by atoms with Crippen LogP contribution in [0, 0.1) is 0 Å². The van der Waals surface area contributed by atoms with Crippen molar-refractivity contribution in [2.45, 2.75) is 6.54 Å². The van der Waals surface area contributed by atoms with Crippen LogP contribution in [0.15, 0.2) is 36.4 Å². The molecule has 0 aliphatic carbocycles. The minimum atomic E-state index is -0.419. The van der Waals surface area contributed by atoms with E-state index in [0.29, 0.717) is 16.5 Å². The van der Waals surface area contributed by atoms with Gasteiger partial charge in [-0.2, -0.15) is 0 Å². The maximum absolute atomic E-state index is 12.1. The normalized spacial score (nSPS) is 10.1. The lowest BCUT2D eigenvalue weighted by Gasteiger charge is -2.12. The summed E-state index contributed by atoms with van der Waals surface area (Å²) < 4.78 is 10.4. The van der Waals surface area contributed by atoms with Crippen molar-refractivity contribution in [2.75, 3.05) is 14.2 Å². The van der Waals surface area contributed by atoms with Gasteiger partial charge in [-0.15, -0.1) is 0 Å². The van der Waals surface area contributed by atoms with Crippen molar-refractivity contribution in [3.63, 3.8) is 0 Å². The molecule has 6 heteroatoms. The van der Waals surface area contributed by atoms with Crippen molar-refractivity contribution in [1.82, 2.24) is 5.32 Å². The predicted molar refractivity (Wildman–Crippen MR) is 83.8 cm³/mol. The fourth-order valence-electron chi connectivity index (χ4n) is 1.96. The lowest BCUT2D eigenvalue weighted by atomic mass is 10.1. The van der Waals surface area contributed by atoms with Crippen LogP contribution in [0.3, 0.4) is 0 Å². The molecule has 0 aromatic heterocycles. The Morgan fingerprint density at radius 2 is 1.95 bits per heavy atom. The number of nitrogens with one attached hydrogen (secondary N) is 1. The second kappa shape index (κ2) is 7.04. The molecule has 0 radical (unpaired) electrons. The van der Waals surface area contributed by atoms with Crippen LogP contribution >= 0.6 is 11.6 Å². The van der Waals surface area contributed by atoms with Crippen molar-refractivity contribution in [2.24, 2.45) is 0 Å². The van der Waals surface area contributed by atoms with E-state index in [1.165, 1.54) is 18.2 Å². The maximum atomic E-state index is 12.1. The van der Waals surface area contributed by atoms with Gasteiger partial charge in [-0.05, 0) is 30.3 Å². The first-order chi connectivity index (χ1) is 10.5. The Balaban J connectivity index is 2.12. The number of phenolic OH excluding ortho intramolecular Hbond substituents is 1. The smallest absolute Gasteiger partial charge is 0.255 e. The van der Waals surface area contributed by atoms with Gasteiger partial charge in [0.25, 0.3) is 5.91 Å². The molecule has 0 spiro atoms. The van der Waals surface area contributed by atoms with Gasteiger partial charge in [0.1, 0.15) is 17.2 Å². The summed E-state index contributed by atoms with van der Waals surface area (Å²) in [6.45, 7) is 0.248. The Hall–Kier alpha value is -2.40. The van der Waals surface area contributed by atoms with Gasteiger partial charge in [0.15, 0.2) is 0 Å². The van der Waals surface area contributed by atoms with Gasteiger partial charge >= 0.3 is 0 Å². The van der Waals surface area contributed by atoms with Crippen molar-refractivity contribution in [3.05, 3.63) is 52.5 Å². The molecule has 1 amide bonds. The molecule has 116 valence electrons. The Kier molecular flexibility index (Phi) is 5.12. The minimum Gasteiger partial charge on any atom is -0.507 e. The van der Waals surface area contributed by atoms with E-state index in [4.69, 9.17) is 21.1 Å². The van der Waals surface area contributed by atoms with Crippen LogP contribution in [0.1, 0.15) is 15.9 Å². The Bertz CT molecular complexity index is 688. The van der Waals surface area contributed by atoms with Crippen LogP contribution in [0.25, 0.3) is 0 Å². The van der Waals surface area contributed by atoms with E-state index in [1.807, 2.05) is 0 Å². The number of phenols is 1.